The summed E-state index contributed by atoms with van der Waals surface area (Å²) in [4.78, 5) is 14.1. The molecule has 2 nitrogen and oxygen atoms in total. The molecule has 1 aromatic rings. The molecular weight excluding hydrogens is 272 g/mol. The number of amides is 1. The second-order valence-electron chi connectivity index (χ2n) is 6.26. The molecular formula is C17H25F2NO. The topological polar surface area (TPSA) is 20.3 Å². The number of nitrogens with zero attached hydrogens (tertiary/aromatic N) is 1. The molecule has 0 aliphatic rings. The van der Waals surface area contributed by atoms with Crippen molar-refractivity contribution in [3.63, 3.8) is 0 Å². The fourth-order valence-corrected chi connectivity index (χ4v) is 1.98. The van der Waals surface area contributed by atoms with E-state index in [-0.39, 0.29) is 5.56 Å². The van der Waals surface area contributed by atoms with Crippen LogP contribution in [-0.4, -0.2) is 23.9 Å². The molecule has 118 valence electrons. The monoisotopic (exact) mass is 297 g/mol. The van der Waals surface area contributed by atoms with Gasteiger partial charge in [0.1, 0.15) is 0 Å². The highest BCUT2D eigenvalue weighted by Crippen LogP contribution is 2.16. The molecule has 0 atom stereocenters. The third-order valence-electron chi connectivity index (χ3n) is 3.42. The van der Waals surface area contributed by atoms with Crippen molar-refractivity contribution in [2.24, 2.45) is 11.8 Å². The molecule has 0 heterocycles. The third kappa shape index (κ3) is 5.44. The molecule has 0 radical (unpaired) electrons. The summed E-state index contributed by atoms with van der Waals surface area (Å²) in [6.07, 6.45) is 1.70. The summed E-state index contributed by atoms with van der Waals surface area (Å²) >= 11 is 0. The number of rotatable bonds is 7. The fraction of sp³-hybridized carbons (Fsp3) is 0.588. The van der Waals surface area contributed by atoms with Gasteiger partial charge in [0.05, 0.1) is 5.56 Å². The Morgan fingerprint density at radius 1 is 1.05 bits per heavy atom. The SMILES string of the molecule is CC(C)CCN(CCC(C)C)C(=O)c1cccc(F)c1F. The predicted molar refractivity (Wildman–Crippen MR) is 81.2 cm³/mol. The Labute approximate surface area is 126 Å². The van der Waals surface area contributed by atoms with Gasteiger partial charge in [-0.3, -0.25) is 4.79 Å². The summed E-state index contributed by atoms with van der Waals surface area (Å²) in [7, 11) is 0. The van der Waals surface area contributed by atoms with Gasteiger partial charge in [-0.15, -0.1) is 0 Å². The van der Waals surface area contributed by atoms with Crippen LogP contribution in [0.2, 0.25) is 0 Å². The lowest BCUT2D eigenvalue weighted by molar-refractivity contribution is 0.0735. The zero-order valence-corrected chi connectivity index (χ0v) is 13.3. The van der Waals surface area contributed by atoms with Crippen LogP contribution in [0, 0.1) is 23.5 Å². The molecule has 0 saturated carbocycles. The van der Waals surface area contributed by atoms with Gasteiger partial charge in [-0.1, -0.05) is 33.8 Å². The van der Waals surface area contributed by atoms with E-state index < -0.39 is 17.5 Å². The number of hydrogen-bond acceptors (Lipinski definition) is 1. The summed E-state index contributed by atoms with van der Waals surface area (Å²) in [5.41, 5.74) is -0.178. The molecule has 0 saturated heterocycles. The van der Waals surface area contributed by atoms with E-state index in [1.807, 2.05) is 0 Å². The quantitative estimate of drug-likeness (QED) is 0.725. The highest BCUT2D eigenvalue weighted by Gasteiger charge is 2.21. The van der Waals surface area contributed by atoms with Gasteiger partial charge >= 0.3 is 0 Å². The maximum absolute atomic E-state index is 13.8. The van der Waals surface area contributed by atoms with E-state index >= 15 is 0 Å². The second kappa shape index (κ2) is 8.11. The minimum Gasteiger partial charge on any atom is -0.339 e. The number of hydrogen-bond donors (Lipinski definition) is 0. The average Bonchev–Trinajstić information content (AvgIpc) is 2.40. The molecule has 0 unspecified atom stereocenters. The highest BCUT2D eigenvalue weighted by molar-refractivity contribution is 5.94. The van der Waals surface area contributed by atoms with Gasteiger partial charge in [-0.25, -0.2) is 8.78 Å². The maximum Gasteiger partial charge on any atom is 0.256 e. The maximum atomic E-state index is 13.8. The van der Waals surface area contributed by atoms with Crippen molar-refractivity contribution < 1.29 is 13.6 Å². The molecule has 1 aromatic carbocycles. The van der Waals surface area contributed by atoms with E-state index in [4.69, 9.17) is 0 Å². The van der Waals surface area contributed by atoms with Gasteiger partial charge in [0.25, 0.3) is 5.91 Å². The van der Waals surface area contributed by atoms with Crippen LogP contribution in [0.3, 0.4) is 0 Å². The standard InChI is InChI=1S/C17H25F2NO/c1-12(2)8-10-20(11-9-13(3)4)17(21)14-6-5-7-15(18)16(14)19/h5-7,12-13H,8-11H2,1-4H3. The molecule has 0 N–H and O–H groups in total. The smallest absolute Gasteiger partial charge is 0.256 e. The zero-order valence-electron chi connectivity index (χ0n) is 13.3. The van der Waals surface area contributed by atoms with E-state index in [0.29, 0.717) is 24.9 Å². The van der Waals surface area contributed by atoms with Crippen molar-refractivity contribution in [2.75, 3.05) is 13.1 Å². The van der Waals surface area contributed by atoms with Gasteiger partial charge in [0.15, 0.2) is 11.6 Å². The number of carbonyl (C=O) groups is 1. The second-order valence-corrected chi connectivity index (χ2v) is 6.26. The minimum atomic E-state index is -1.05. The summed E-state index contributed by atoms with van der Waals surface area (Å²) in [5, 5.41) is 0. The first-order valence-electron chi connectivity index (χ1n) is 7.56. The lowest BCUT2D eigenvalue weighted by Crippen LogP contribution is -2.34. The van der Waals surface area contributed by atoms with Crippen LogP contribution in [0.4, 0.5) is 8.78 Å². The third-order valence-corrected chi connectivity index (χ3v) is 3.42. The van der Waals surface area contributed by atoms with Gasteiger partial charge in [-0.05, 0) is 36.8 Å². The van der Waals surface area contributed by atoms with E-state index in [9.17, 15) is 13.6 Å². The summed E-state index contributed by atoms with van der Waals surface area (Å²) in [6, 6.07) is 3.74. The number of carbonyl (C=O) groups excluding carboxylic acids is 1. The Morgan fingerprint density at radius 2 is 1.57 bits per heavy atom. The van der Waals surface area contributed by atoms with Crippen LogP contribution in [-0.2, 0) is 0 Å². The van der Waals surface area contributed by atoms with Crippen molar-refractivity contribution in [2.45, 2.75) is 40.5 Å². The zero-order chi connectivity index (χ0) is 16.0. The summed E-state index contributed by atoms with van der Waals surface area (Å²) < 4.78 is 27.1. The lowest BCUT2D eigenvalue weighted by Gasteiger charge is -2.25. The Bertz CT molecular complexity index is 460. The van der Waals surface area contributed by atoms with Crippen LogP contribution in [0.15, 0.2) is 18.2 Å². The first-order valence-corrected chi connectivity index (χ1v) is 7.56. The van der Waals surface area contributed by atoms with Gasteiger partial charge in [0, 0.05) is 13.1 Å². The van der Waals surface area contributed by atoms with Crippen molar-refractivity contribution in [1.82, 2.24) is 4.90 Å². The van der Waals surface area contributed by atoms with Crippen LogP contribution >= 0.6 is 0 Å². The molecule has 4 heteroatoms. The van der Waals surface area contributed by atoms with Crippen molar-refractivity contribution >= 4 is 5.91 Å². The minimum absolute atomic E-state index is 0.178. The van der Waals surface area contributed by atoms with E-state index in [2.05, 4.69) is 27.7 Å². The van der Waals surface area contributed by atoms with Gasteiger partial charge < -0.3 is 4.90 Å². The molecule has 0 aliphatic carbocycles. The van der Waals surface area contributed by atoms with Gasteiger partial charge in [0.2, 0.25) is 0 Å². The summed E-state index contributed by atoms with van der Waals surface area (Å²) in [5.74, 6) is -1.54. The first kappa shape index (κ1) is 17.6. The largest absolute Gasteiger partial charge is 0.339 e. The normalized spacial score (nSPS) is 11.2. The van der Waals surface area contributed by atoms with Crippen LogP contribution in [0.25, 0.3) is 0 Å². The number of halogens is 2. The predicted octanol–water partition coefficient (Wildman–Crippen LogP) is 4.50. The molecule has 1 amide bonds. The van der Waals surface area contributed by atoms with Crippen LogP contribution < -0.4 is 0 Å². The van der Waals surface area contributed by atoms with Crippen molar-refractivity contribution in [3.8, 4) is 0 Å². The molecule has 21 heavy (non-hydrogen) atoms. The van der Waals surface area contributed by atoms with E-state index in [0.717, 1.165) is 18.9 Å². The van der Waals surface area contributed by atoms with Gasteiger partial charge in [-0.2, -0.15) is 0 Å². The average molecular weight is 297 g/mol. The van der Waals surface area contributed by atoms with E-state index in [1.165, 1.54) is 12.1 Å². The fourth-order valence-electron chi connectivity index (χ4n) is 1.98. The van der Waals surface area contributed by atoms with Crippen molar-refractivity contribution in [3.05, 3.63) is 35.4 Å². The molecule has 0 aliphatic heterocycles. The summed E-state index contributed by atoms with van der Waals surface area (Å²) in [6.45, 7) is 9.45. The Morgan fingerprint density at radius 3 is 2.05 bits per heavy atom. The van der Waals surface area contributed by atoms with E-state index in [1.54, 1.807) is 4.90 Å². The van der Waals surface area contributed by atoms with Crippen molar-refractivity contribution in [1.29, 1.82) is 0 Å². The highest BCUT2D eigenvalue weighted by atomic mass is 19.2. The molecule has 1 rings (SSSR count). The Kier molecular flexibility index (Phi) is 6.79. The lowest BCUT2D eigenvalue weighted by atomic mass is 10.1. The Hall–Kier alpha value is -1.45. The molecule has 0 aromatic heterocycles. The first-order chi connectivity index (χ1) is 9.82. The van der Waals surface area contributed by atoms with Crippen LogP contribution in [0.1, 0.15) is 50.9 Å². The number of benzene rings is 1. The molecule has 0 fully saturated rings. The molecule has 0 spiro atoms. The Balaban J connectivity index is 2.89. The van der Waals surface area contributed by atoms with Crippen LogP contribution in [0.5, 0.6) is 0 Å². The molecule has 0 bridgehead atoms.